The molecule has 2 aromatic rings. The second kappa shape index (κ2) is 7.95. The van der Waals surface area contributed by atoms with Crippen LogP contribution in [0.15, 0.2) is 24.3 Å². The third kappa shape index (κ3) is 3.69. The number of nitrogens with one attached hydrogen (secondary N) is 1. The average Bonchev–Trinajstić information content (AvgIpc) is 3.46. The number of benzene rings is 1. The Morgan fingerprint density at radius 3 is 2.93 bits per heavy atom. The van der Waals surface area contributed by atoms with E-state index in [1.165, 1.54) is 12.8 Å². The highest BCUT2D eigenvalue weighted by Crippen LogP contribution is 2.30. The standard InChI is InChI=1S/C19H24N6O3/c1-28-16-8-4-7-15(10-16)24-12-13(9-18(24)26)19(27)20-11-17-21-22-23-25(17)14-5-2-3-6-14/h4,7-8,10,13-14H,2-3,5-6,9,11-12H2,1H3,(H,20,27). The number of aromatic nitrogens is 4. The summed E-state index contributed by atoms with van der Waals surface area (Å²) >= 11 is 0. The number of nitrogens with zero attached hydrogens (tertiary/aromatic N) is 5. The number of methoxy groups -OCH3 is 1. The summed E-state index contributed by atoms with van der Waals surface area (Å²) in [5.41, 5.74) is 0.741. The lowest BCUT2D eigenvalue weighted by atomic mass is 10.1. The minimum Gasteiger partial charge on any atom is -0.497 e. The molecule has 1 saturated heterocycles. The highest BCUT2D eigenvalue weighted by atomic mass is 16.5. The Hall–Kier alpha value is -2.97. The summed E-state index contributed by atoms with van der Waals surface area (Å²) in [5.74, 6) is 0.726. The number of hydrogen-bond acceptors (Lipinski definition) is 6. The largest absolute Gasteiger partial charge is 0.497 e. The van der Waals surface area contributed by atoms with Crippen LogP contribution in [0.5, 0.6) is 5.75 Å². The van der Waals surface area contributed by atoms with Gasteiger partial charge in [0.15, 0.2) is 5.82 Å². The summed E-state index contributed by atoms with van der Waals surface area (Å²) in [5, 5.41) is 14.8. The maximum Gasteiger partial charge on any atom is 0.227 e. The molecule has 148 valence electrons. The third-order valence-corrected chi connectivity index (χ3v) is 5.51. The summed E-state index contributed by atoms with van der Waals surface area (Å²) < 4.78 is 7.05. The number of anilines is 1. The molecular formula is C19H24N6O3. The molecule has 1 N–H and O–H groups in total. The number of carbonyl (C=O) groups excluding carboxylic acids is 2. The van der Waals surface area contributed by atoms with E-state index in [1.807, 2.05) is 22.9 Å². The fraction of sp³-hybridized carbons (Fsp3) is 0.526. The van der Waals surface area contributed by atoms with Gasteiger partial charge in [-0.1, -0.05) is 18.9 Å². The highest BCUT2D eigenvalue weighted by molar-refractivity contribution is 6.00. The van der Waals surface area contributed by atoms with Crippen molar-refractivity contribution >= 4 is 17.5 Å². The zero-order valence-corrected chi connectivity index (χ0v) is 15.9. The van der Waals surface area contributed by atoms with Crippen molar-refractivity contribution in [2.75, 3.05) is 18.6 Å². The van der Waals surface area contributed by atoms with Gasteiger partial charge in [-0.2, -0.15) is 0 Å². The van der Waals surface area contributed by atoms with E-state index in [1.54, 1.807) is 18.1 Å². The van der Waals surface area contributed by atoms with E-state index in [-0.39, 0.29) is 24.8 Å². The van der Waals surface area contributed by atoms with Crippen LogP contribution in [0.1, 0.15) is 44.0 Å². The predicted octanol–water partition coefficient (Wildman–Crippen LogP) is 1.47. The summed E-state index contributed by atoms with van der Waals surface area (Å²) in [4.78, 5) is 26.7. The summed E-state index contributed by atoms with van der Waals surface area (Å²) in [7, 11) is 1.58. The zero-order valence-electron chi connectivity index (χ0n) is 15.9. The third-order valence-electron chi connectivity index (χ3n) is 5.51. The van der Waals surface area contributed by atoms with Gasteiger partial charge in [-0.05, 0) is 35.4 Å². The molecular weight excluding hydrogens is 360 g/mol. The van der Waals surface area contributed by atoms with Crippen molar-refractivity contribution in [3.63, 3.8) is 0 Å². The van der Waals surface area contributed by atoms with Crippen molar-refractivity contribution in [2.24, 2.45) is 5.92 Å². The fourth-order valence-corrected chi connectivity index (χ4v) is 3.98. The van der Waals surface area contributed by atoms with Crippen molar-refractivity contribution in [1.29, 1.82) is 0 Å². The predicted molar refractivity (Wildman–Crippen MR) is 101 cm³/mol. The minimum atomic E-state index is -0.394. The molecule has 9 heteroatoms. The van der Waals surface area contributed by atoms with Gasteiger partial charge < -0.3 is 15.0 Å². The topological polar surface area (TPSA) is 102 Å². The Kier molecular flexibility index (Phi) is 5.23. The average molecular weight is 384 g/mol. The van der Waals surface area contributed by atoms with E-state index in [4.69, 9.17) is 4.74 Å². The first-order chi connectivity index (χ1) is 13.7. The Morgan fingerprint density at radius 2 is 2.14 bits per heavy atom. The van der Waals surface area contributed by atoms with Gasteiger partial charge >= 0.3 is 0 Å². The first-order valence-electron chi connectivity index (χ1n) is 9.64. The van der Waals surface area contributed by atoms with E-state index in [0.29, 0.717) is 24.2 Å². The number of carbonyl (C=O) groups is 2. The summed E-state index contributed by atoms with van der Waals surface area (Å²) in [6.07, 6.45) is 4.69. The van der Waals surface area contributed by atoms with Gasteiger partial charge in [0.05, 0.1) is 25.6 Å². The molecule has 2 aliphatic rings. The van der Waals surface area contributed by atoms with Gasteiger partial charge in [0, 0.05) is 24.7 Å². The van der Waals surface area contributed by atoms with Gasteiger partial charge in [-0.15, -0.1) is 5.10 Å². The first-order valence-corrected chi connectivity index (χ1v) is 9.64. The van der Waals surface area contributed by atoms with Crippen molar-refractivity contribution in [1.82, 2.24) is 25.5 Å². The number of rotatable bonds is 6. The van der Waals surface area contributed by atoms with Crippen molar-refractivity contribution in [2.45, 2.75) is 44.7 Å². The molecule has 0 spiro atoms. The van der Waals surface area contributed by atoms with Crippen LogP contribution in [-0.2, 0) is 16.1 Å². The zero-order chi connectivity index (χ0) is 19.5. The van der Waals surface area contributed by atoms with E-state index < -0.39 is 5.92 Å². The van der Waals surface area contributed by atoms with Gasteiger partial charge in [-0.3, -0.25) is 9.59 Å². The Bertz CT molecular complexity index is 861. The molecule has 1 aliphatic heterocycles. The van der Waals surface area contributed by atoms with E-state index in [2.05, 4.69) is 20.8 Å². The minimum absolute atomic E-state index is 0.0656. The van der Waals surface area contributed by atoms with Crippen LogP contribution in [0.3, 0.4) is 0 Å². The van der Waals surface area contributed by atoms with Gasteiger partial charge in [0.1, 0.15) is 5.75 Å². The van der Waals surface area contributed by atoms with Crippen LogP contribution in [0.2, 0.25) is 0 Å². The van der Waals surface area contributed by atoms with Crippen LogP contribution < -0.4 is 15.0 Å². The fourth-order valence-electron chi connectivity index (χ4n) is 3.98. The van der Waals surface area contributed by atoms with Crippen LogP contribution in [0, 0.1) is 5.92 Å². The maximum absolute atomic E-state index is 12.6. The Labute approximate surface area is 163 Å². The smallest absolute Gasteiger partial charge is 0.227 e. The number of hydrogen-bond donors (Lipinski definition) is 1. The molecule has 0 radical (unpaired) electrons. The molecule has 2 amide bonds. The van der Waals surface area contributed by atoms with Crippen molar-refractivity contribution < 1.29 is 14.3 Å². The van der Waals surface area contributed by atoms with Crippen LogP contribution in [0.25, 0.3) is 0 Å². The van der Waals surface area contributed by atoms with Crippen molar-refractivity contribution in [3.05, 3.63) is 30.1 Å². The molecule has 1 aromatic carbocycles. The molecule has 4 rings (SSSR count). The van der Waals surface area contributed by atoms with Crippen LogP contribution in [-0.4, -0.2) is 45.7 Å². The van der Waals surface area contributed by atoms with Crippen molar-refractivity contribution in [3.8, 4) is 5.75 Å². The highest BCUT2D eigenvalue weighted by Gasteiger charge is 2.35. The first kappa shape index (κ1) is 18.4. The normalized spacial score (nSPS) is 20.0. The number of tetrazole rings is 1. The molecule has 1 aliphatic carbocycles. The SMILES string of the molecule is COc1cccc(N2CC(C(=O)NCc3nnnn3C3CCCC3)CC2=O)c1. The number of amides is 2. The van der Waals surface area contributed by atoms with Crippen LogP contribution >= 0.6 is 0 Å². The second-order valence-corrected chi connectivity index (χ2v) is 7.30. The molecule has 2 heterocycles. The monoisotopic (exact) mass is 384 g/mol. The molecule has 1 saturated carbocycles. The lowest BCUT2D eigenvalue weighted by Gasteiger charge is -2.17. The molecule has 2 fully saturated rings. The second-order valence-electron chi connectivity index (χ2n) is 7.30. The van der Waals surface area contributed by atoms with Crippen LogP contribution in [0.4, 0.5) is 5.69 Å². The molecule has 1 atom stereocenters. The summed E-state index contributed by atoms with van der Waals surface area (Å²) in [6, 6.07) is 7.61. The Morgan fingerprint density at radius 1 is 1.32 bits per heavy atom. The lowest BCUT2D eigenvalue weighted by molar-refractivity contribution is -0.126. The quantitative estimate of drug-likeness (QED) is 0.809. The number of ether oxygens (including phenoxy) is 1. The van der Waals surface area contributed by atoms with Gasteiger partial charge in [-0.25, -0.2) is 4.68 Å². The molecule has 28 heavy (non-hydrogen) atoms. The van der Waals surface area contributed by atoms with E-state index >= 15 is 0 Å². The Balaban J connectivity index is 1.37. The van der Waals surface area contributed by atoms with Gasteiger partial charge in [0.2, 0.25) is 11.8 Å². The molecule has 1 aromatic heterocycles. The molecule has 1 unspecified atom stereocenters. The van der Waals surface area contributed by atoms with E-state index in [9.17, 15) is 9.59 Å². The summed E-state index contributed by atoms with van der Waals surface area (Å²) in [6.45, 7) is 0.623. The van der Waals surface area contributed by atoms with Gasteiger partial charge in [0.25, 0.3) is 0 Å². The molecule has 0 bridgehead atoms. The van der Waals surface area contributed by atoms with E-state index in [0.717, 1.165) is 18.5 Å². The molecule has 9 nitrogen and oxygen atoms in total. The lowest BCUT2D eigenvalue weighted by Crippen LogP contribution is -2.33. The maximum atomic E-state index is 12.6.